The van der Waals surface area contributed by atoms with Crippen LogP contribution in [0.4, 0.5) is 11.6 Å². The van der Waals surface area contributed by atoms with Gasteiger partial charge >= 0.3 is 0 Å². The van der Waals surface area contributed by atoms with E-state index in [-0.39, 0.29) is 29.2 Å². The number of anilines is 2. The summed E-state index contributed by atoms with van der Waals surface area (Å²) in [7, 11) is 0. The molecule has 5 rings (SSSR count). The molecule has 35 heavy (non-hydrogen) atoms. The van der Waals surface area contributed by atoms with Crippen LogP contribution < -0.4 is 21.1 Å². The molecule has 0 radical (unpaired) electrons. The Hall–Kier alpha value is -4.20. The molecule has 11 nitrogen and oxygen atoms in total. The van der Waals surface area contributed by atoms with E-state index in [2.05, 4.69) is 31.9 Å². The Morgan fingerprint density at radius 1 is 1.26 bits per heavy atom. The molecule has 2 aliphatic rings. The molecule has 2 atom stereocenters. The maximum Gasteiger partial charge on any atom is 0.289 e. The lowest BCUT2D eigenvalue weighted by molar-refractivity contribution is 0.0910. The number of pyridine rings is 1. The van der Waals surface area contributed by atoms with E-state index in [4.69, 9.17) is 9.78 Å². The number of aryl methyl sites for hydroxylation is 1. The summed E-state index contributed by atoms with van der Waals surface area (Å²) in [5, 5.41) is 23.5. The highest BCUT2D eigenvalue weighted by Crippen LogP contribution is 2.27. The van der Waals surface area contributed by atoms with Gasteiger partial charge in [0, 0.05) is 37.8 Å². The molecule has 180 valence electrons. The number of rotatable bonds is 7. The van der Waals surface area contributed by atoms with Crippen LogP contribution >= 0.6 is 0 Å². The third-order valence-electron chi connectivity index (χ3n) is 6.46. The van der Waals surface area contributed by atoms with Crippen LogP contribution in [0.1, 0.15) is 35.5 Å². The van der Waals surface area contributed by atoms with E-state index >= 15 is 0 Å². The van der Waals surface area contributed by atoms with Gasteiger partial charge in [-0.15, -0.1) is 5.10 Å². The molecule has 4 heterocycles. The summed E-state index contributed by atoms with van der Waals surface area (Å²) in [4.78, 5) is 31.0. The van der Waals surface area contributed by atoms with Gasteiger partial charge in [-0.1, -0.05) is 5.16 Å². The lowest BCUT2D eigenvalue weighted by Gasteiger charge is -2.36. The number of nitrogens with zero attached hydrogens (tertiary/aromatic N) is 6. The van der Waals surface area contributed by atoms with Crippen molar-refractivity contribution in [2.24, 2.45) is 11.8 Å². The van der Waals surface area contributed by atoms with Crippen LogP contribution in [0.2, 0.25) is 0 Å². The van der Waals surface area contributed by atoms with Crippen molar-refractivity contribution in [3.8, 4) is 11.8 Å². The maximum atomic E-state index is 12.4. The van der Waals surface area contributed by atoms with E-state index < -0.39 is 0 Å². The molecule has 3 aromatic heterocycles. The number of carbonyl (C=O) groups is 1. The van der Waals surface area contributed by atoms with E-state index in [1.54, 1.807) is 25.3 Å². The Bertz CT molecular complexity index is 1300. The Labute approximate surface area is 201 Å². The molecule has 0 unspecified atom stereocenters. The topological polar surface area (TPSA) is 142 Å². The quantitative estimate of drug-likeness (QED) is 0.525. The van der Waals surface area contributed by atoms with Gasteiger partial charge in [-0.2, -0.15) is 9.94 Å². The molecule has 1 saturated carbocycles. The highest BCUT2D eigenvalue weighted by atomic mass is 16.5. The molecule has 0 bridgehead atoms. The Kier molecular flexibility index (Phi) is 6.18. The standard InChI is InChI=1S/C24H26N8O3/c1-15-8-20(35-30-15)24(34)27-11-16-2-3-18(9-16)28-21-5-4-19(12-26-21)32-23(33)7-6-22(29-32)31-13-17(10-25)14-31/h4-8,12,16-18H,2-3,9,11,13-14H2,1H3,(H,26,28)(H,27,34)/t16-,18+/m0/s1. The van der Waals surface area contributed by atoms with Crippen LogP contribution in [0.5, 0.6) is 0 Å². The number of amides is 1. The molecular formula is C24H26N8O3. The Morgan fingerprint density at radius 2 is 2.11 bits per heavy atom. The first kappa shape index (κ1) is 22.6. The largest absolute Gasteiger partial charge is 0.367 e. The summed E-state index contributed by atoms with van der Waals surface area (Å²) in [6, 6.07) is 10.9. The molecular weight excluding hydrogens is 448 g/mol. The fourth-order valence-corrected chi connectivity index (χ4v) is 4.49. The number of aromatic nitrogens is 4. The van der Waals surface area contributed by atoms with E-state index in [9.17, 15) is 9.59 Å². The normalized spacial score (nSPS) is 19.7. The van der Waals surface area contributed by atoms with Gasteiger partial charge in [0.25, 0.3) is 11.5 Å². The monoisotopic (exact) mass is 474 g/mol. The van der Waals surface area contributed by atoms with E-state index in [0.717, 1.165) is 25.1 Å². The summed E-state index contributed by atoms with van der Waals surface area (Å²) in [5.74, 6) is 1.76. The zero-order valence-corrected chi connectivity index (χ0v) is 19.3. The maximum absolute atomic E-state index is 12.4. The predicted octanol–water partition coefficient (Wildman–Crippen LogP) is 1.89. The second-order valence-corrected chi connectivity index (χ2v) is 9.14. The van der Waals surface area contributed by atoms with Gasteiger partial charge in [0.2, 0.25) is 5.76 Å². The molecule has 0 aromatic carbocycles. The number of nitrogens with one attached hydrogen (secondary N) is 2. The Balaban J connectivity index is 1.15. The smallest absolute Gasteiger partial charge is 0.289 e. The van der Waals surface area contributed by atoms with Crippen molar-refractivity contribution in [1.29, 1.82) is 5.26 Å². The fourth-order valence-electron chi connectivity index (χ4n) is 4.49. The zero-order chi connectivity index (χ0) is 24.4. The second-order valence-electron chi connectivity index (χ2n) is 9.14. The lowest BCUT2D eigenvalue weighted by atomic mass is 10.0. The van der Waals surface area contributed by atoms with Crippen molar-refractivity contribution >= 4 is 17.5 Å². The first-order chi connectivity index (χ1) is 17.0. The second kappa shape index (κ2) is 9.58. The minimum absolute atomic E-state index is 0.00762. The van der Waals surface area contributed by atoms with Gasteiger partial charge in [0.15, 0.2) is 0 Å². The minimum atomic E-state index is -0.244. The summed E-state index contributed by atoms with van der Waals surface area (Å²) >= 11 is 0. The van der Waals surface area contributed by atoms with Gasteiger partial charge in [-0.05, 0) is 50.3 Å². The molecule has 0 spiro atoms. The number of hydrogen-bond donors (Lipinski definition) is 2. The van der Waals surface area contributed by atoms with Gasteiger partial charge in [-0.25, -0.2) is 4.98 Å². The summed E-state index contributed by atoms with van der Waals surface area (Å²) in [6.45, 7) is 3.60. The molecule has 1 aliphatic carbocycles. The van der Waals surface area contributed by atoms with E-state index in [0.29, 0.717) is 42.8 Å². The number of hydrogen-bond acceptors (Lipinski definition) is 9. The third kappa shape index (κ3) is 5.01. The van der Waals surface area contributed by atoms with Gasteiger partial charge < -0.3 is 20.1 Å². The average molecular weight is 475 g/mol. The first-order valence-corrected chi connectivity index (χ1v) is 11.7. The lowest BCUT2D eigenvalue weighted by Crippen LogP contribution is -2.47. The van der Waals surface area contributed by atoms with Crippen molar-refractivity contribution in [3.05, 3.63) is 58.3 Å². The van der Waals surface area contributed by atoms with Crippen molar-refractivity contribution in [3.63, 3.8) is 0 Å². The van der Waals surface area contributed by atoms with Crippen LogP contribution in [-0.4, -0.2) is 51.5 Å². The number of carbonyl (C=O) groups excluding carboxylic acids is 1. The molecule has 1 saturated heterocycles. The van der Waals surface area contributed by atoms with Crippen molar-refractivity contribution in [2.75, 3.05) is 29.9 Å². The third-order valence-corrected chi connectivity index (χ3v) is 6.46. The van der Waals surface area contributed by atoms with Crippen LogP contribution in [-0.2, 0) is 0 Å². The molecule has 11 heteroatoms. The highest BCUT2D eigenvalue weighted by molar-refractivity contribution is 5.91. The molecule has 1 amide bonds. The molecule has 1 aliphatic heterocycles. The van der Waals surface area contributed by atoms with E-state index in [1.165, 1.54) is 10.7 Å². The van der Waals surface area contributed by atoms with E-state index in [1.807, 2.05) is 17.0 Å². The van der Waals surface area contributed by atoms with Crippen LogP contribution in [0.3, 0.4) is 0 Å². The van der Waals surface area contributed by atoms with Crippen LogP contribution in [0.15, 0.2) is 45.8 Å². The van der Waals surface area contributed by atoms with Gasteiger partial charge in [-0.3, -0.25) is 9.59 Å². The summed E-state index contributed by atoms with van der Waals surface area (Å²) < 4.78 is 6.33. The molecule has 3 aromatic rings. The van der Waals surface area contributed by atoms with Crippen LogP contribution in [0, 0.1) is 30.1 Å². The SMILES string of the molecule is Cc1cc(C(=O)NC[C@H]2CC[C@@H](Nc3ccc(-n4nc(N5CC(C#N)C5)ccc4=O)cn3)C2)on1. The zero-order valence-electron chi connectivity index (χ0n) is 19.3. The average Bonchev–Trinajstić information content (AvgIpc) is 3.47. The molecule has 2 fully saturated rings. The number of nitriles is 1. The summed E-state index contributed by atoms with van der Waals surface area (Å²) in [6.07, 6.45) is 4.52. The van der Waals surface area contributed by atoms with Crippen molar-refractivity contribution in [1.82, 2.24) is 25.2 Å². The predicted molar refractivity (Wildman–Crippen MR) is 127 cm³/mol. The molecule has 2 N–H and O–H groups in total. The summed E-state index contributed by atoms with van der Waals surface area (Å²) in [5.41, 5.74) is 1.02. The Morgan fingerprint density at radius 3 is 2.83 bits per heavy atom. The highest BCUT2D eigenvalue weighted by Gasteiger charge is 2.28. The van der Waals surface area contributed by atoms with Crippen molar-refractivity contribution in [2.45, 2.75) is 32.2 Å². The fraction of sp³-hybridized carbons (Fsp3) is 0.417. The van der Waals surface area contributed by atoms with Gasteiger partial charge in [0.1, 0.15) is 11.6 Å². The first-order valence-electron chi connectivity index (χ1n) is 11.7. The van der Waals surface area contributed by atoms with Crippen molar-refractivity contribution < 1.29 is 9.32 Å². The van der Waals surface area contributed by atoms with Crippen LogP contribution in [0.25, 0.3) is 5.69 Å². The van der Waals surface area contributed by atoms with Gasteiger partial charge in [0.05, 0.1) is 29.6 Å². The minimum Gasteiger partial charge on any atom is -0.367 e.